The van der Waals surface area contributed by atoms with Gasteiger partial charge >= 0.3 is 0 Å². The fraction of sp³-hybridized carbons (Fsp3) is 0.684. The van der Waals surface area contributed by atoms with Crippen LogP contribution >= 0.6 is 0 Å². The van der Waals surface area contributed by atoms with Crippen molar-refractivity contribution in [2.24, 2.45) is 5.73 Å². The van der Waals surface area contributed by atoms with E-state index in [4.69, 9.17) is 5.73 Å². The first kappa shape index (κ1) is 15.8. The van der Waals surface area contributed by atoms with Gasteiger partial charge in [0.2, 0.25) is 0 Å². The van der Waals surface area contributed by atoms with Crippen LogP contribution in [0.15, 0.2) is 18.2 Å². The number of rotatable bonds is 3. The van der Waals surface area contributed by atoms with Crippen molar-refractivity contribution in [3.8, 4) is 0 Å². The van der Waals surface area contributed by atoms with Crippen molar-refractivity contribution in [2.45, 2.75) is 64.6 Å². The Labute approximate surface area is 135 Å². The highest BCUT2D eigenvalue weighted by Crippen LogP contribution is 2.35. The van der Waals surface area contributed by atoms with Crippen molar-refractivity contribution >= 4 is 5.69 Å². The third-order valence-electron chi connectivity index (χ3n) is 5.50. The van der Waals surface area contributed by atoms with Crippen LogP contribution in [0.3, 0.4) is 0 Å². The molecular formula is C19H31N3. The summed E-state index contributed by atoms with van der Waals surface area (Å²) in [4.78, 5) is 4.98. The second-order valence-corrected chi connectivity index (χ2v) is 7.33. The Bertz CT molecular complexity index is 509. The van der Waals surface area contributed by atoms with Crippen molar-refractivity contribution in [1.82, 2.24) is 4.90 Å². The van der Waals surface area contributed by atoms with Crippen molar-refractivity contribution in [3.63, 3.8) is 0 Å². The Balaban J connectivity index is 1.77. The highest BCUT2D eigenvalue weighted by Gasteiger charge is 2.25. The smallest absolute Gasteiger partial charge is 0.0742 e. The molecule has 2 heterocycles. The normalized spacial score (nSPS) is 24.4. The van der Waals surface area contributed by atoms with Crippen LogP contribution in [0.2, 0.25) is 0 Å². The van der Waals surface area contributed by atoms with E-state index in [0.29, 0.717) is 12.0 Å². The Hall–Kier alpha value is -1.06. The van der Waals surface area contributed by atoms with Gasteiger partial charge in [0, 0.05) is 18.3 Å². The third kappa shape index (κ3) is 3.16. The van der Waals surface area contributed by atoms with Gasteiger partial charge in [0.15, 0.2) is 0 Å². The molecule has 1 aromatic rings. The van der Waals surface area contributed by atoms with E-state index in [1.54, 1.807) is 0 Å². The first-order chi connectivity index (χ1) is 10.6. The van der Waals surface area contributed by atoms with Crippen LogP contribution < -0.4 is 10.6 Å². The zero-order valence-corrected chi connectivity index (χ0v) is 14.4. The van der Waals surface area contributed by atoms with E-state index in [1.807, 2.05) is 0 Å². The average Bonchev–Trinajstić information content (AvgIpc) is 2.75. The maximum absolute atomic E-state index is 6.14. The molecule has 1 saturated heterocycles. The molecular weight excluding hydrogens is 270 g/mol. The molecule has 0 amide bonds. The monoisotopic (exact) mass is 301 g/mol. The van der Waals surface area contributed by atoms with Gasteiger partial charge in [0.05, 0.1) is 6.17 Å². The molecule has 2 aliphatic rings. The van der Waals surface area contributed by atoms with Crippen molar-refractivity contribution in [1.29, 1.82) is 0 Å². The van der Waals surface area contributed by atoms with Gasteiger partial charge in [-0.25, -0.2) is 0 Å². The molecule has 2 unspecified atom stereocenters. The van der Waals surface area contributed by atoms with Crippen LogP contribution in [0.5, 0.6) is 0 Å². The van der Waals surface area contributed by atoms with Crippen LogP contribution in [0.25, 0.3) is 0 Å². The maximum atomic E-state index is 6.14. The molecule has 22 heavy (non-hydrogen) atoms. The quantitative estimate of drug-likeness (QED) is 0.929. The fourth-order valence-corrected chi connectivity index (χ4v) is 4.07. The largest absolute Gasteiger partial charge is 0.356 e. The van der Waals surface area contributed by atoms with Gasteiger partial charge in [-0.15, -0.1) is 0 Å². The number of fused-ring (bicyclic) bond motifs is 1. The van der Waals surface area contributed by atoms with Gasteiger partial charge in [-0.05, 0) is 82.7 Å². The summed E-state index contributed by atoms with van der Waals surface area (Å²) in [5.74, 6) is 0.713. The van der Waals surface area contributed by atoms with Gasteiger partial charge in [0.25, 0.3) is 0 Å². The minimum absolute atomic E-state index is 0.113. The minimum atomic E-state index is 0.113. The highest BCUT2D eigenvalue weighted by atomic mass is 15.2. The first-order valence-electron chi connectivity index (χ1n) is 8.95. The molecule has 0 bridgehead atoms. The summed E-state index contributed by atoms with van der Waals surface area (Å²) >= 11 is 0. The molecule has 122 valence electrons. The molecule has 2 aliphatic heterocycles. The molecule has 3 nitrogen and oxygen atoms in total. The van der Waals surface area contributed by atoms with Crippen molar-refractivity contribution < 1.29 is 0 Å². The van der Waals surface area contributed by atoms with E-state index >= 15 is 0 Å². The van der Waals surface area contributed by atoms with E-state index in [2.05, 4.69) is 48.8 Å². The summed E-state index contributed by atoms with van der Waals surface area (Å²) in [5.41, 5.74) is 10.5. The van der Waals surface area contributed by atoms with Crippen LogP contribution in [0.1, 0.15) is 57.1 Å². The number of nitrogens with two attached hydrogens (primary N) is 1. The molecule has 0 aromatic heterocycles. The Morgan fingerprint density at radius 3 is 2.64 bits per heavy atom. The van der Waals surface area contributed by atoms with Gasteiger partial charge in [-0.1, -0.05) is 12.1 Å². The van der Waals surface area contributed by atoms with Crippen LogP contribution in [0, 0.1) is 0 Å². The van der Waals surface area contributed by atoms with Gasteiger partial charge in [0.1, 0.15) is 0 Å². The van der Waals surface area contributed by atoms with E-state index in [9.17, 15) is 0 Å². The number of anilines is 1. The number of nitrogens with zero attached hydrogens (tertiary/aromatic N) is 2. The molecule has 2 atom stereocenters. The fourth-order valence-electron chi connectivity index (χ4n) is 4.07. The summed E-state index contributed by atoms with van der Waals surface area (Å²) in [5, 5.41) is 0. The number of hydrogen-bond donors (Lipinski definition) is 1. The second kappa shape index (κ2) is 6.59. The molecule has 1 aromatic carbocycles. The van der Waals surface area contributed by atoms with E-state index in [0.717, 1.165) is 13.0 Å². The van der Waals surface area contributed by atoms with Gasteiger partial charge in [-0.3, -0.25) is 0 Å². The molecule has 0 saturated carbocycles. The number of hydrogen-bond acceptors (Lipinski definition) is 3. The Morgan fingerprint density at radius 2 is 1.91 bits per heavy atom. The lowest BCUT2D eigenvalue weighted by molar-refractivity contribution is 0.230. The van der Waals surface area contributed by atoms with Crippen LogP contribution in [-0.2, 0) is 6.42 Å². The summed E-state index contributed by atoms with van der Waals surface area (Å²) in [7, 11) is 0. The highest BCUT2D eigenvalue weighted by molar-refractivity contribution is 5.60. The van der Waals surface area contributed by atoms with Crippen LogP contribution in [-0.4, -0.2) is 36.7 Å². The summed E-state index contributed by atoms with van der Waals surface area (Å²) < 4.78 is 0. The SMILES string of the molecule is CC(C)N1CCCC(c2ccc3c(c2)N(C(C)N)CC3)CC1. The topological polar surface area (TPSA) is 32.5 Å². The molecule has 0 radical (unpaired) electrons. The Morgan fingerprint density at radius 1 is 1.09 bits per heavy atom. The molecule has 3 heteroatoms. The maximum Gasteiger partial charge on any atom is 0.0742 e. The zero-order chi connectivity index (χ0) is 15.7. The standard InChI is InChI=1S/C19H31N3/c1-14(2)21-10-4-5-16(8-11-21)18-7-6-17-9-12-22(15(3)20)19(17)13-18/h6-7,13-16H,4-5,8-12,20H2,1-3H3. The lowest BCUT2D eigenvalue weighted by atomic mass is 9.91. The third-order valence-corrected chi connectivity index (χ3v) is 5.50. The lowest BCUT2D eigenvalue weighted by Crippen LogP contribution is -2.38. The van der Waals surface area contributed by atoms with Crippen molar-refractivity contribution in [2.75, 3.05) is 24.5 Å². The van der Waals surface area contributed by atoms with E-state index in [-0.39, 0.29) is 6.17 Å². The molecule has 0 spiro atoms. The predicted molar refractivity (Wildman–Crippen MR) is 94.4 cm³/mol. The average molecular weight is 301 g/mol. The van der Waals surface area contributed by atoms with Crippen molar-refractivity contribution in [3.05, 3.63) is 29.3 Å². The molecule has 3 rings (SSSR count). The minimum Gasteiger partial charge on any atom is -0.356 e. The number of benzene rings is 1. The Kier molecular flexibility index (Phi) is 4.74. The van der Waals surface area contributed by atoms with Crippen LogP contribution in [0.4, 0.5) is 5.69 Å². The summed E-state index contributed by atoms with van der Waals surface area (Å²) in [6.07, 6.45) is 5.18. The number of likely N-dealkylation sites (tertiary alicyclic amines) is 1. The first-order valence-corrected chi connectivity index (χ1v) is 8.95. The summed E-state index contributed by atoms with van der Waals surface area (Å²) in [6, 6.07) is 7.83. The predicted octanol–water partition coefficient (Wildman–Crippen LogP) is 3.33. The molecule has 1 fully saturated rings. The van der Waals surface area contributed by atoms with E-state index < -0.39 is 0 Å². The molecule has 2 N–H and O–H groups in total. The zero-order valence-electron chi connectivity index (χ0n) is 14.4. The van der Waals surface area contributed by atoms with Gasteiger partial charge < -0.3 is 15.5 Å². The lowest BCUT2D eigenvalue weighted by Gasteiger charge is -2.26. The summed E-state index contributed by atoms with van der Waals surface area (Å²) in [6.45, 7) is 10.3. The van der Waals surface area contributed by atoms with E-state index in [1.165, 1.54) is 49.2 Å². The molecule has 0 aliphatic carbocycles. The van der Waals surface area contributed by atoms with Gasteiger partial charge in [-0.2, -0.15) is 0 Å². The second-order valence-electron chi connectivity index (χ2n) is 7.33.